The van der Waals surface area contributed by atoms with Gasteiger partial charge in [-0.15, -0.1) is 0 Å². The molecule has 21 heavy (non-hydrogen) atoms. The smallest absolute Gasteiger partial charge is 0.323 e. The van der Waals surface area contributed by atoms with Gasteiger partial charge < -0.3 is 15.0 Å². The fourth-order valence-corrected chi connectivity index (χ4v) is 2.33. The third-order valence-electron chi connectivity index (χ3n) is 3.39. The zero-order chi connectivity index (χ0) is 14.7. The van der Waals surface area contributed by atoms with Crippen LogP contribution in [0.25, 0.3) is 0 Å². The van der Waals surface area contributed by atoms with E-state index >= 15 is 0 Å². The highest BCUT2D eigenvalue weighted by molar-refractivity contribution is 5.45. The Morgan fingerprint density at radius 3 is 2.48 bits per heavy atom. The van der Waals surface area contributed by atoms with Gasteiger partial charge in [0.2, 0.25) is 11.9 Å². The molecule has 0 bridgehead atoms. The lowest BCUT2D eigenvalue weighted by Gasteiger charge is -2.16. The van der Waals surface area contributed by atoms with Gasteiger partial charge in [0.25, 0.3) is 0 Å². The fourth-order valence-electron chi connectivity index (χ4n) is 2.33. The lowest BCUT2D eigenvalue weighted by molar-refractivity contribution is 0.292. The molecule has 0 atom stereocenters. The van der Waals surface area contributed by atoms with E-state index in [1.807, 2.05) is 0 Å². The zero-order valence-corrected chi connectivity index (χ0v) is 12.3. The highest BCUT2D eigenvalue weighted by atomic mass is 16.5. The van der Waals surface area contributed by atoms with E-state index in [4.69, 9.17) is 4.74 Å². The number of hydrogen-bond acceptors (Lipinski definition) is 6. The molecule has 2 heterocycles. The van der Waals surface area contributed by atoms with Crippen molar-refractivity contribution in [1.29, 1.82) is 0 Å². The maximum absolute atomic E-state index is 5.55. The molecule has 0 spiro atoms. The second kappa shape index (κ2) is 5.95. The summed E-state index contributed by atoms with van der Waals surface area (Å²) in [7, 11) is 1.79. The first-order valence-corrected chi connectivity index (χ1v) is 7.18. The van der Waals surface area contributed by atoms with Gasteiger partial charge in [-0.05, 0) is 17.5 Å². The molecule has 1 N–H and O–H groups in total. The Morgan fingerprint density at radius 2 is 1.86 bits per heavy atom. The number of nitrogens with one attached hydrogen (secondary N) is 1. The normalized spacial score (nSPS) is 13.1. The summed E-state index contributed by atoms with van der Waals surface area (Å²) < 4.78 is 5.55. The molecule has 110 valence electrons. The topological polar surface area (TPSA) is 63.2 Å². The maximum Gasteiger partial charge on any atom is 0.323 e. The van der Waals surface area contributed by atoms with E-state index in [0.717, 1.165) is 19.5 Å². The minimum Gasteiger partial charge on any atom is -0.463 e. The van der Waals surface area contributed by atoms with Gasteiger partial charge in [-0.2, -0.15) is 15.0 Å². The van der Waals surface area contributed by atoms with E-state index in [9.17, 15) is 0 Å². The molecule has 3 rings (SSSR count). The number of nitrogens with zero attached hydrogens (tertiary/aromatic N) is 4. The molecule has 0 fully saturated rings. The van der Waals surface area contributed by atoms with Crippen LogP contribution in [-0.2, 0) is 13.1 Å². The predicted octanol–water partition coefficient (Wildman–Crippen LogP) is 2.22. The molecule has 1 aliphatic heterocycles. The maximum atomic E-state index is 5.55. The Labute approximate surface area is 124 Å². The Kier molecular flexibility index (Phi) is 3.85. The number of anilines is 2. The largest absolute Gasteiger partial charge is 0.463 e. The molecule has 2 aromatic rings. The molecular formula is C15H19N5O. The second-order valence-electron chi connectivity index (χ2n) is 4.96. The lowest BCUT2D eigenvalue weighted by atomic mass is 10.1. The molecule has 0 amide bonds. The van der Waals surface area contributed by atoms with Crippen molar-refractivity contribution in [2.24, 2.45) is 0 Å². The Morgan fingerprint density at radius 1 is 1.14 bits per heavy atom. The average Bonchev–Trinajstić information content (AvgIpc) is 2.96. The molecular weight excluding hydrogens is 266 g/mol. The van der Waals surface area contributed by atoms with E-state index < -0.39 is 0 Å². The summed E-state index contributed by atoms with van der Waals surface area (Å²) in [5.74, 6) is 1.18. The molecule has 1 aromatic heterocycles. The molecule has 1 aromatic carbocycles. The summed E-state index contributed by atoms with van der Waals surface area (Å²) in [6, 6.07) is 8.78. The van der Waals surface area contributed by atoms with Gasteiger partial charge in [0.15, 0.2) is 0 Å². The van der Waals surface area contributed by atoms with Crippen molar-refractivity contribution in [1.82, 2.24) is 15.0 Å². The van der Waals surface area contributed by atoms with E-state index in [1.54, 1.807) is 7.05 Å². The van der Waals surface area contributed by atoms with Crippen molar-refractivity contribution in [2.45, 2.75) is 26.4 Å². The summed E-state index contributed by atoms with van der Waals surface area (Å²) in [4.78, 5) is 15.2. The van der Waals surface area contributed by atoms with Gasteiger partial charge >= 0.3 is 6.01 Å². The lowest BCUT2D eigenvalue weighted by Crippen LogP contribution is -2.19. The van der Waals surface area contributed by atoms with Crippen LogP contribution in [0.1, 0.15) is 24.5 Å². The van der Waals surface area contributed by atoms with Crippen LogP contribution in [0.2, 0.25) is 0 Å². The van der Waals surface area contributed by atoms with Gasteiger partial charge in [0, 0.05) is 20.1 Å². The van der Waals surface area contributed by atoms with Crippen molar-refractivity contribution in [3.63, 3.8) is 0 Å². The van der Waals surface area contributed by atoms with Crippen molar-refractivity contribution in [2.75, 3.05) is 23.9 Å². The van der Waals surface area contributed by atoms with Gasteiger partial charge in [-0.25, -0.2) is 0 Å². The molecule has 0 aliphatic carbocycles. The Bertz CT molecular complexity index is 606. The minimum absolute atomic E-state index is 0.377. The standard InChI is InChI=1S/C15H19N5O/c1-3-8-21-15-18-13(16-2)17-14(19-15)20-9-11-6-4-5-7-12(11)10-20/h4-7H,3,8-10H2,1-2H3,(H,16,17,18,19). The van der Waals surface area contributed by atoms with Gasteiger partial charge in [0.05, 0.1) is 6.61 Å². The summed E-state index contributed by atoms with van der Waals surface area (Å²) >= 11 is 0. The number of hydrogen-bond donors (Lipinski definition) is 1. The summed E-state index contributed by atoms with van der Waals surface area (Å²) in [5.41, 5.74) is 2.64. The Balaban J connectivity index is 1.85. The third kappa shape index (κ3) is 2.89. The van der Waals surface area contributed by atoms with Crippen molar-refractivity contribution in [3.8, 4) is 6.01 Å². The SMILES string of the molecule is CCCOc1nc(NC)nc(N2Cc3ccccc3C2)n1. The second-order valence-corrected chi connectivity index (χ2v) is 4.96. The third-order valence-corrected chi connectivity index (χ3v) is 3.39. The monoisotopic (exact) mass is 285 g/mol. The number of benzene rings is 1. The number of rotatable bonds is 5. The summed E-state index contributed by atoms with van der Waals surface area (Å²) in [5, 5.41) is 2.96. The van der Waals surface area contributed by atoms with Crippen LogP contribution in [0.5, 0.6) is 6.01 Å². The number of aromatic nitrogens is 3. The average molecular weight is 285 g/mol. The van der Waals surface area contributed by atoms with Crippen LogP contribution in [-0.4, -0.2) is 28.6 Å². The van der Waals surface area contributed by atoms with E-state index in [1.165, 1.54) is 11.1 Å². The molecule has 0 radical (unpaired) electrons. The van der Waals surface area contributed by atoms with E-state index in [0.29, 0.717) is 24.5 Å². The first kappa shape index (κ1) is 13.6. The first-order chi connectivity index (χ1) is 10.3. The van der Waals surface area contributed by atoms with Gasteiger partial charge in [-0.3, -0.25) is 0 Å². The summed E-state index contributed by atoms with van der Waals surface area (Å²) in [6.07, 6.45) is 0.922. The zero-order valence-electron chi connectivity index (χ0n) is 12.3. The fraction of sp³-hybridized carbons (Fsp3) is 0.400. The molecule has 0 saturated carbocycles. The van der Waals surface area contributed by atoms with Crippen LogP contribution in [0, 0.1) is 0 Å². The molecule has 0 unspecified atom stereocenters. The van der Waals surface area contributed by atoms with Crippen LogP contribution in [0.4, 0.5) is 11.9 Å². The van der Waals surface area contributed by atoms with E-state index in [2.05, 4.69) is 56.4 Å². The minimum atomic E-state index is 0.377. The van der Waals surface area contributed by atoms with Crippen LogP contribution >= 0.6 is 0 Å². The molecule has 0 saturated heterocycles. The molecule has 6 heteroatoms. The number of ether oxygens (including phenoxy) is 1. The van der Waals surface area contributed by atoms with Crippen LogP contribution in [0.15, 0.2) is 24.3 Å². The van der Waals surface area contributed by atoms with Crippen LogP contribution in [0.3, 0.4) is 0 Å². The van der Waals surface area contributed by atoms with Gasteiger partial charge in [0.1, 0.15) is 0 Å². The quantitative estimate of drug-likeness (QED) is 0.909. The predicted molar refractivity (Wildman–Crippen MR) is 81.5 cm³/mol. The number of fused-ring (bicyclic) bond motifs is 1. The van der Waals surface area contributed by atoms with Crippen molar-refractivity contribution >= 4 is 11.9 Å². The van der Waals surface area contributed by atoms with Crippen molar-refractivity contribution < 1.29 is 4.74 Å². The van der Waals surface area contributed by atoms with Crippen LogP contribution < -0.4 is 15.0 Å². The molecule has 6 nitrogen and oxygen atoms in total. The Hall–Kier alpha value is -2.37. The highest BCUT2D eigenvalue weighted by Crippen LogP contribution is 2.26. The van der Waals surface area contributed by atoms with E-state index in [-0.39, 0.29) is 0 Å². The highest BCUT2D eigenvalue weighted by Gasteiger charge is 2.22. The van der Waals surface area contributed by atoms with Crippen molar-refractivity contribution in [3.05, 3.63) is 35.4 Å². The first-order valence-electron chi connectivity index (χ1n) is 7.18. The van der Waals surface area contributed by atoms with Gasteiger partial charge in [-0.1, -0.05) is 31.2 Å². The summed E-state index contributed by atoms with van der Waals surface area (Å²) in [6.45, 7) is 4.29. The molecule has 1 aliphatic rings.